The average Bonchev–Trinajstić information content (AvgIpc) is 3.12. The van der Waals surface area contributed by atoms with Crippen LogP contribution in [0.25, 0.3) is 0 Å². The molecule has 21 heavy (non-hydrogen) atoms. The lowest BCUT2D eigenvalue weighted by molar-refractivity contribution is 0.0516. The first-order valence-electron chi connectivity index (χ1n) is 7.07. The maximum Gasteiger partial charge on any atom is 0.257 e. The number of carbonyl (C=O) groups is 1. The van der Waals surface area contributed by atoms with Gasteiger partial charge in [-0.2, -0.15) is 10.2 Å². The zero-order valence-corrected chi connectivity index (χ0v) is 12.3. The fourth-order valence-electron chi connectivity index (χ4n) is 2.63. The summed E-state index contributed by atoms with van der Waals surface area (Å²) in [5.41, 5.74) is 1.64. The van der Waals surface area contributed by atoms with Crippen LogP contribution in [0.4, 0.5) is 0 Å². The molecule has 1 amide bonds. The Morgan fingerprint density at radius 1 is 1.48 bits per heavy atom. The third kappa shape index (κ3) is 2.69. The van der Waals surface area contributed by atoms with E-state index in [0.717, 1.165) is 5.69 Å². The lowest BCUT2D eigenvalue weighted by Crippen LogP contribution is -2.42. The van der Waals surface area contributed by atoms with Crippen LogP contribution in [0.1, 0.15) is 29.0 Å². The second kappa shape index (κ2) is 5.69. The molecule has 0 spiro atoms. The van der Waals surface area contributed by atoms with Crippen LogP contribution >= 0.6 is 0 Å². The molecule has 3 heterocycles. The monoisotopic (exact) mass is 289 g/mol. The van der Waals surface area contributed by atoms with E-state index in [9.17, 15) is 4.79 Å². The maximum atomic E-state index is 12.6. The van der Waals surface area contributed by atoms with E-state index < -0.39 is 0 Å². The van der Waals surface area contributed by atoms with Crippen LogP contribution in [0.15, 0.2) is 24.7 Å². The second-order valence-electron chi connectivity index (χ2n) is 5.17. The van der Waals surface area contributed by atoms with Crippen molar-refractivity contribution in [3.05, 3.63) is 35.9 Å². The standard InChI is InChI=1S/C14H19N5O2/c1-3-21-10-13-9-18(8-12-4-5-15-19(12)13)14(20)11-6-16-17(2)7-11/h4-7,13H,3,8-10H2,1-2H3. The van der Waals surface area contributed by atoms with Crippen LogP contribution in [0.5, 0.6) is 0 Å². The van der Waals surface area contributed by atoms with E-state index in [1.807, 2.05) is 22.6 Å². The Morgan fingerprint density at radius 2 is 2.33 bits per heavy atom. The third-order valence-electron chi connectivity index (χ3n) is 3.64. The molecule has 1 aliphatic rings. The van der Waals surface area contributed by atoms with Gasteiger partial charge >= 0.3 is 0 Å². The molecule has 0 saturated heterocycles. The maximum absolute atomic E-state index is 12.6. The third-order valence-corrected chi connectivity index (χ3v) is 3.64. The molecule has 0 saturated carbocycles. The van der Waals surface area contributed by atoms with Crippen molar-refractivity contribution in [3.8, 4) is 0 Å². The number of aryl methyl sites for hydroxylation is 1. The predicted molar refractivity (Wildman–Crippen MR) is 75.7 cm³/mol. The zero-order chi connectivity index (χ0) is 14.8. The minimum Gasteiger partial charge on any atom is -0.379 e. The molecule has 0 fully saturated rings. The fraction of sp³-hybridized carbons (Fsp3) is 0.500. The summed E-state index contributed by atoms with van der Waals surface area (Å²) in [6, 6.07) is 2.01. The molecular formula is C14H19N5O2. The van der Waals surface area contributed by atoms with Crippen LogP contribution in [0, 0.1) is 0 Å². The molecule has 0 N–H and O–H groups in total. The second-order valence-corrected chi connectivity index (χ2v) is 5.17. The number of aromatic nitrogens is 4. The van der Waals surface area contributed by atoms with Gasteiger partial charge in [-0.05, 0) is 13.0 Å². The Labute approximate surface area is 123 Å². The lowest BCUT2D eigenvalue weighted by Gasteiger charge is -2.33. The number of hydrogen-bond donors (Lipinski definition) is 0. The first kappa shape index (κ1) is 13.8. The smallest absolute Gasteiger partial charge is 0.257 e. The van der Waals surface area contributed by atoms with Crippen molar-refractivity contribution in [2.24, 2.45) is 7.05 Å². The molecule has 0 bridgehead atoms. The predicted octanol–water partition coefficient (Wildman–Crippen LogP) is 0.850. The number of rotatable bonds is 4. The largest absolute Gasteiger partial charge is 0.379 e. The topological polar surface area (TPSA) is 65.2 Å². The van der Waals surface area contributed by atoms with Gasteiger partial charge in [0.05, 0.1) is 36.6 Å². The normalized spacial score (nSPS) is 17.8. The first-order valence-corrected chi connectivity index (χ1v) is 7.07. The lowest BCUT2D eigenvalue weighted by atomic mass is 10.1. The Balaban J connectivity index is 1.80. The molecule has 2 aromatic rings. The summed E-state index contributed by atoms with van der Waals surface area (Å²) >= 11 is 0. The Kier molecular flexibility index (Phi) is 3.74. The summed E-state index contributed by atoms with van der Waals surface area (Å²) in [7, 11) is 1.81. The quantitative estimate of drug-likeness (QED) is 0.837. The number of amides is 1. The van der Waals surface area contributed by atoms with Crippen LogP contribution in [0.3, 0.4) is 0 Å². The van der Waals surface area contributed by atoms with Crippen LogP contribution in [0.2, 0.25) is 0 Å². The molecule has 2 aromatic heterocycles. The average molecular weight is 289 g/mol. The van der Waals surface area contributed by atoms with E-state index in [1.165, 1.54) is 0 Å². The molecule has 112 valence electrons. The Bertz CT molecular complexity index is 633. The Morgan fingerprint density at radius 3 is 3.05 bits per heavy atom. The number of ether oxygens (including phenoxy) is 1. The van der Waals surface area contributed by atoms with Gasteiger partial charge < -0.3 is 9.64 Å². The van der Waals surface area contributed by atoms with Crippen molar-refractivity contribution in [1.82, 2.24) is 24.5 Å². The van der Waals surface area contributed by atoms with Gasteiger partial charge in [-0.15, -0.1) is 0 Å². The SMILES string of the molecule is CCOCC1CN(C(=O)c2cnn(C)c2)Cc2ccnn21. The minimum absolute atomic E-state index is 0.00273. The van der Waals surface area contributed by atoms with E-state index in [2.05, 4.69) is 10.2 Å². The van der Waals surface area contributed by atoms with Gasteiger partial charge in [0, 0.05) is 32.6 Å². The summed E-state index contributed by atoms with van der Waals surface area (Å²) in [5, 5.41) is 8.41. The van der Waals surface area contributed by atoms with Crippen LogP contribution < -0.4 is 0 Å². The van der Waals surface area contributed by atoms with E-state index in [1.54, 1.807) is 30.3 Å². The van der Waals surface area contributed by atoms with Crippen molar-refractivity contribution in [3.63, 3.8) is 0 Å². The molecular weight excluding hydrogens is 270 g/mol. The van der Waals surface area contributed by atoms with Crippen molar-refractivity contribution in [2.75, 3.05) is 19.8 Å². The van der Waals surface area contributed by atoms with E-state index >= 15 is 0 Å². The van der Waals surface area contributed by atoms with Gasteiger partial charge in [0.1, 0.15) is 0 Å². The van der Waals surface area contributed by atoms with Crippen molar-refractivity contribution in [1.29, 1.82) is 0 Å². The summed E-state index contributed by atoms with van der Waals surface area (Å²) in [6.45, 7) is 4.34. The highest BCUT2D eigenvalue weighted by atomic mass is 16.5. The molecule has 0 aliphatic carbocycles. The summed E-state index contributed by atoms with van der Waals surface area (Å²) in [5.74, 6) is -0.00273. The number of carbonyl (C=O) groups excluding carboxylic acids is 1. The highest BCUT2D eigenvalue weighted by Crippen LogP contribution is 2.22. The highest BCUT2D eigenvalue weighted by molar-refractivity contribution is 5.93. The van der Waals surface area contributed by atoms with E-state index in [-0.39, 0.29) is 11.9 Å². The van der Waals surface area contributed by atoms with Crippen molar-refractivity contribution >= 4 is 5.91 Å². The summed E-state index contributed by atoms with van der Waals surface area (Å²) in [6.07, 6.45) is 5.11. The van der Waals surface area contributed by atoms with Gasteiger partial charge in [-0.25, -0.2) is 0 Å². The molecule has 7 heteroatoms. The Hall–Kier alpha value is -2.15. The van der Waals surface area contributed by atoms with Gasteiger partial charge in [0.25, 0.3) is 5.91 Å². The minimum atomic E-state index is -0.00273. The van der Waals surface area contributed by atoms with E-state index in [0.29, 0.717) is 31.9 Å². The molecule has 1 unspecified atom stereocenters. The molecule has 0 aromatic carbocycles. The van der Waals surface area contributed by atoms with Crippen molar-refractivity contribution in [2.45, 2.75) is 19.5 Å². The van der Waals surface area contributed by atoms with Gasteiger partial charge in [-0.1, -0.05) is 0 Å². The molecule has 3 rings (SSSR count). The zero-order valence-electron chi connectivity index (χ0n) is 12.3. The summed E-state index contributed by atoms with van der Waals surface area (Å²) < 4.78 is 9.12. The molecule has 1 aliphatic heterocycles. The van der Waals surface area contributed by atoms with Crippen LogP contribution in [-0.2, 0) is 18.3 Å². The number of hydrogen-bond acceptors (Lipinski definition) is 4. The number of nitrogens with zero attached hydrogens (tertiary/aromatic N) is 5. The molecule has 7 nitrogen and oxygen atoms in total. The van der Waals surface area contributed by atoms with Gasteiger partial charge in [-0.3, -0.25) is 14.2 Å². The van der Waals surface area contributed by atoms with Crippen LogP contribution in [-0.4, -0.2) is 50.1 Å². The van der Waals surface area contributed by atoms with Gasteiger partial charge in [0.15, 0.2) is 0 Å². The fourth-order valence-corrected chi connectivity index (χ4v) is 2.63. The first-order chi connectivity index (χ1) is 10.2. The molecule has 1 atom stereocenters. The summed E-state index contributed by atoms with van der Waals surface area (Å²) in [4.78, 5) is 14.4. The van der Waals surface area contributed by atoms with Gasteiger partial charge in [0.2, 0.25) is 0 Å². The number of fused-ring (bicyclic) bond motifs is 1. The molecule has 0 radical (unpaired) electrons. The van der Waals surface area contributed by atoms with E-state index in [4.69, 9.17) is 4.74 Å². The highest BCUT2D eigenvalue weighted by Gasteiger charge is 2.29. The van der Waals surface area contributed by atoms with Crippen molar-refractivity contribution < 1.29 is 9.53 Å².